The van der Waals surface area contributed by atoms with Gasteiger partial charge in [-0.15, -0.1) is 0 Å². The topological polar surface area (TPSA) is 77.8 Å². The monoisotopic (exact) mass is 381 g/mol. The number of furan rings is 1. The fourth-order valence-electron chi connectivity index (χ4n) is 2.98. The fourth-order valence-corrected chi connectivity index (χ4v) is 2.98. The molecule has 0 unspecified atom stereocenters. The van der Waals surface area contributed by atoms with Gasteiger partial charge >= 0.3 is 5.97 Å². The fraction of sp³-hybridized carbons (Fsp3) is 0.273. The molecule has 0 saturated carbocycles. The standard InChI is InChI=1S/C22H23NO5/c1-15-7-8-18-17(13-27-20(18)11-15)12-22(25)28-14-21(24)23-10-9-16-5-3-4-6-19(16)26-2/h3-8,11,13H,9-10,12,14H2,1-2H3,(H,23,24). The largest absolute Gasteiger partial charge is 0.496 e. The number of nitrogens with one attached hydrogen (secondary N) is 1. The zero-order chi connectivity index (χ0) is 19.9. The summed E-state index contributed by atoms with van der Waals surface area (Å²) in [6.45, 7) is 2.10. The van der Waals surface area contributed by atoms with Crippen molar-refractivity contribution in [2.75, 3.05) is 20.3 Å². The lowest BCUT2D eigenvalue weighted by Gasteiger charge is -2.09. The zero-order valence-electron chi connectivity index (χ0n) is 16.0. The first-order valence-corrected chi connectivity index (χ1v) is 9.08. The van der Waals surface area contributed by atoms with Crippen molar-refractivity contribution in [3.8, 4) is 5.75 Å². The van der Waals surface area contributed by atoms with Gasteiger partial charge in [-0.25, -0.2) is 0 Å². The second kappa shape index (κ2) is 9.08. The summed E-state index contributed by atoms with van der Waals surface area (Å²) < 4.78 is 15.8. The van der Waals surface area contributed by atoms with E-state index < -0.39 is 5.97 Å². The number of rotatable bonds is 8. The molecular weight excluding hydrogens is 358 g/mol. The number of esters is 1. The van der Waals surface area contributed by atoms with Crippen molar-refractivity contribution >= 4 is 22.8 Å². The van der Waals surface area contributed by atoms with E-state index in [0.29, 0.717) is 13.0 Å². The number of ether oxygens (including phenoxy) is 2. The Balaban J connectivity index is 1.43. The smallest absolute Gasteiger partial charge is 0.310 e. The van der Waals surface area contributed by atoms with Gasteiger partial charge in [0, 0.05) is 17.5 Å². The predicted octanol–water partition coefficient (Wildman–Crippen LogP) is 3.19. The van der Waals surface area contributed by atoms with E-state index in [1.807, 2.05) is 49.4 Å². The maximum atomic E-state index is 12.0. The first kappa shape index (κ1) is 19.5. The van der Waals surface area contributed by atoms with Crippen molar-refractivity contribution in [1.82, 2.24) is 5.32 Å². The molecule has 1 N–H and O–H groups in total. The molecule has 0 aliphatic carbocycles. The summed E-state index contributed by atoms with van der Waals surface area (Å²) in [5, 5.41) is 3.62. The Bertz CT molecular complexity index is 976. The third-order valence-corrected chi connectivity index (χ3v) is 4.42. The number of benzene rings is 2. The number of aryl methyl sites for hydroxylation is 1. The summed E-state index contributed by atoms with van der Waals surface area (Å²) >= 11 is 0. The number of para-hydroxylation sites is 1. The highest BCUT2D eigenvalue weighted by Gasteiger charge is 2.13. The van der Waals surface area contributed by atoms with Gasteiger partial charge in [0.05, 0.1) is 19.8 Å². The molecule has 0 bridgehead atoms. The molecule has 0 saturated heterocycles. The van der Waals surface area contributed by atoms with Crippen LogP contribution in [0.2, 0.25) is 0 Å². The number of carbonyl (C=O) groups is 2. The van der Waals surface area contributed by atoms with Crippen molar-refractivity contribution in [3.05, 3.63) is 65.4 Å². The highest BCUT2D eigenvalue weighted by molar-refractivity contribution is 5.87. The number of amides is 1. The molecule has 3 aromatic rings. The second-order valence-electron chi connectivity index (χ2n) is 6.51. The maximum absolute atomic E-state index is 12.0. The Labute approximate surface area is 163 Å². The number of carbonyl (C=O) groups excluding carboxylic acids is 2. The number of hydrogen-bond donors (Lipinski definition) is 1. The summed E-state index contributed by atoms with van der Waals surface area (Å²) in [6, 6.07) is 13.4. The van der Waals surface area contributed by atoms with E-state index in [1.165, 1.54) is 0 Å². The third kappa shape index (κ3) is 4.91. The van der Waals surface area contributed by atoms with Gasteiger partial charge in [-0.2, -0.15) is 0 Å². The van der Waals surface area contributed by atoms with Gasteiger partial charge in [-0.05, 0) is 36.6 Å². The van der Waals surface area contributed by atoms with E-state index >= 15 is 0 Å². The second-order valence-corrected chi connectivity index (χ2v) is 6.51. The average Bonchev–Trinajstić information content (AvgIpc) is 3.08. The van der Waals surface area contributed by atoms with Gasteiger partial charge in [0.25, 0.3) is 5.91 Å². The molecule has 1 aromatic heterocycles. The van der Waals surface area contributed by atoms with Crippen molar-refractivity contribution in [2.45, 2.75) is 19.8 Å². The zero-order valence-corrected chi connectivity index (χ0v) is 16.0. The lowest BCUT2D eigenvalue weighted by Crippen LogP contribution is -2.30. The first-order valence-electron chi connectivity index (χ1n) is 9.08. The van der Waals surface area contributed by atoms with Crippen LogP contribution in [0.1, 0.15) is 16.7 Å². The van der Waals surface area contributed by atoms with Crippen molar-refractivity contribution in [2.24, 2.45) is 0 Å². The van der Waals surface area contributed by atoms with Crippen LogP contribution in [-0.4, -0.2) is 32.1 Å². The quantitative estimate of drug-likeness (QED) is 0.607. The highest BCUT2D eigenvalue weighted by atomic mass is 16.5. The Morgan fingerprint density at radius 2 is 1.93 bits per heavy atom. The SMILES string of the molecule is COc1ccccc1CCNC(=O)COC(=O)Cc1coc2cc(C)ccc12. The molecule has 0 aliphatic heterocycles. The minimum atomic E-state index is -0.469. The molecule has 6 nitrogen and oxygen atoms in total. The van der Waals surface area contributed by atoms with Gasteiger partial charge < -0.3 is 19.2 Å². The molecule has 1 amide bonds. The van der Waals surface area contributed by atoms with Crippen molar-refractivity contribution in [1.29, 1.82) is 0 Å². The van der Waals surface area contributed by atoms with Gasteiger partial charge in [0.2, 0.25) is 0 Å². The van der Waals surface area contributed by atoms with Crippen molar-refractivity contribution in [3.63, 3.8) is 0 Å². The average molecular weight is 381 g/mol. The van der Waals surface area contributed by atoms with Crippen molar-refractivity contribution < 1.29 is 23.5 Å². The van der Waals surface area contributed by atoms with Gasteiger partial charge in [-0.3, -0.25) is 9.59 Å². The molecule has 2 aromatic carbocycles. The maximum Gasteiger partial charge on any atom is 0.310 e. The molecule has 6 heteroatoms. The molecule has 0 atom stereocenters. The van der Waals surface area contributed by atoms with Crippen LogP contribution in [0, 0.1) is 6.92 Å². The van der Waals surface area contributed by atoms with E-state index in [-0.39, 0.29) is 18.9 Å². The first-order chi connectivity index (χ1) is 13.6. The third-order valence-electron chi connectivity index (χ3n) is 4.42. The Kier molecular flexibility index (Phi) is 6.32. The molecule has 146 valence electrons. The number of hydrogen-bond acceptors (Lipinski definition) is 5. The lowest BCUT2D eigenvalue weighted by atomic mass is 10.1. The minimum Gasteiger partial charge on any atom is -0.496 e. The van der Waals surface area contributed by atoms with E-state index in [4.69, 9.17) is 13.9 Å². The molecule has 0 spiro atoms. The minimum absolute atomic E-state index is 0.0601. The summed E-state index contributed by atoms with van der Waals surface area (Å²) in [6.07, 6.45) is 2.24. The molecule has 1 heterocycles. The van der Waals surface area contributed by atoms with Crippen LogP contribution in [0.25, 0.3) is 11.0 Å². The van der Waals surface area contributed by atoms with E-state index in [2.05, 4.69) is 5.32 Å². The molecule has 0 aliphatic rings. The Morgan fingerprint density at radius 1 is 1.11 bits per heavy atom. The predicted molar refractivity (Wildman–Crippen MR) is 105 cm³/mol. The van der Waals surface area contributed by atoms with Crippen LogP contribution in [0.3, 0.4) is 0 Å². The van der Waals surface area contributed by atoms with Crippen LogP contribution in [0.15, 0.2) is 53.1 Å². The highest BCUT2D eigenvalue weighted by Crippen LogP contribution is 2.23. The van der Waals surface area contributed by atoms with E-state index in [1.54, 1.807) is 13.4 Å². The molecule has 0 radical (unpaired) electrons. The molecule has 28 heavy (non-hydrogen) atoms. The molecule has 0 fully saturated rings. The van der Waals surface area contributed by atoms with Crippen LogP contribution in [-0.2, 0) is 27.2 Å². The molecular formula is C22H23NO5. The Morgan fingerprint density at radius 3 is 2.75 bits per heavy atom. The summed E-state index contributed by atoms with van der Waals surface area (Å²) in [5.41, 5.74) is 3.57. The summed E-state index contributed by atoms with van der Waals surface area (Å²) in [4.78, 5) is 24.0. The van der Waals surface area contributed by atoms with Gasteiger partial charge in [-0.1, -0.05) is 30.3 Å². The van der Waals surface area contributed by atoms with Crippen LogP contribution in [0.4, 0.5) is 0 Å². The van der Waals surface area contributed by atoms with Gasteiger partial charge in [0.1, 0.15) is 11.3 Å². The van der Waals surface area contributed by atoms with Gasteiger partial charge in [0.15, 0.2) is 6.61 Å². The summed E-state index contributed by atoms with van der Waals surface area (Å²) in [5.74, 6) is -0.0233. The summed E-state index contributed by atoms with van der Waals surface area (Å²) in [7, 11) is 1.61. The number of methoxy groups -OCH3 is 1. The normalized spacial score (nSPS) is 10.6. The Hall–Kier alpha value is -3.28. The van der Waals surface area contributed by atoms with Crippen LogP contribution < -0.4 is 10.1 Å². The molecule has 3 rings (SSSR count). The lowest BCUT2D eigenvalue weighted by molar-refractivity contribution is -0.147. The van der Waals surface area contributed by atoms with E-state index in [9.17, 15) is 9.59 Å². The van der Waals surface area contributed by atoms with E-state index in [0.717, 1.165) is 33.4 Å². The van der Waals surface area contributed by atoms with Crippen LogP contribution >= 0.6 is 0 Å². The van der Waals surface area contributed by atoms with Crippen LogP contribution in [0.5, 0.6) is 5.75 Å². The number of fused-ring (bicyclic) bond motifs is 1.